The number of carbonyl (C=O) groups is 2. The van der Waals surface area contributed by atoms with Crippen molar-refractivity contribution in [1.29, 1.82) is 0 Å². The predicted molar refractivity (Wildman–Crippen MR) is 138 cm³/mol. The van der Waals surface area contributed by atoms with E-state index in [-0.39, 0.29) is 22.2 Å². The third-order valence-corrected chi connectivity index (χ3v) is 7.28. The zero-order chi connectivity index (χ0) is 25.8. The van der Waals surface area contributed by atoms with Gasteiger partial charge >= 0.3 is 0 Å². The number of non-ortho nitro benzene ring substituents is 1. The van der Waals surface area contributed by atoms with Crippen LogP contribution < -0.4 is 4.90 Å². The van der Waals surface area contributed by atoms with E-state index < -0.39 is 28.4 Å². The van der Waals surface area contributed by atoms with E-state index in [0.717, 1.165) is 10.3 Å². The summed E-state index contributed by atoms with van der Waals surface area (Å²) in [6.07, 6.45) is 0. The van der Waals surface area contributed by atoms with Gasteiger partial charge in [0.05, 0.1) is 26.8 Å². The number of rotatable bonds is 5. The van der Waals surface area contributed by atoms with Crippen LogP contribution in [0.15, 0.2) is 88.5 Å². The average molecular weight is 512 g/mol. The van der Waals surface area contributed by atoms with Crippen LogP contribution in [0, 0.1) is 17.0 Å². The minimum atomic E-state index is -1.07. The Morgan fingerprint density at radius 2 is 1.86 bits per heavy atom. The van der Waals surface area contributed by atoms with Crippen LogP contribution in [0.5, 0.6) is 0 Å². The summed E-state index contributed by atoms with van der Waals surface area (Å²) in [6, 6.07) is 18.7. The van der Waals surface area contributed by atoms with Gasteiger partial charge in [-0.3, -0.25) is 24.6 Å². The monoisotopic (exact) mass is 511 g/mol. The molecule has 0 bridgehead atoms. The zero-order valence-electron chi connectivity index (χ0n) is 19.2. The van der Waals surface area contributed by atoms with E-state index >= 15 is 0 Å². The van der Waals surface area contributed by atoms with Gasteiger partial charge in [-0.25, -0.2) is 4.98 Å². The number of anilines is 1. The van der Waals surface area contributed by atoms with Crippen LogP contribution in [0.1, 0.15) is 27.7 Å². The maximum Gasteiger partial charge on any atom is 0.296 e. The van der Waals surface area contributed by atoms with Gasteiger partial charge in [0, 0.05) is 17.5 Å². The van der Waals surface area contributed by atoms with Gasteiger partial charge in [0.15, 0.2) is 16.7 Å². The van der Waals surface area contributed by atoms with Crippen molar-refractivity contribution in [1.82, 2.24) is 4.98 Å². The number of hydrogen-bond acceptors (Lipinski definition) is 8. The van der Waals surface area contributed by atoms with E-state index in [1.165, 1.54) is 40.5 Å². The second-order valence-electron chi connectivity index (χ2n) is 8.63. The molecule has 1 aliphatic rings. The number of aryl methyl sites for hydroxylation is 1. The van der Waals surface area contributed by atoms with Crippen LogP contribution in [0.4, 0.5) is 10.8 Å². The summed E-state index contributed by atoms with van der Waals surface area (Å²) in [6.45, 7) is 1.94. The molecule has 1 unspecified atom stereocenters. The molecule has 1 amide bonds. The zero-order valence-corrected chi connectivity index (χ0v) is 20.1. The van der Waals surface area contributed by atoms with Crippen molar-refractivity contribution < 1.29 is 24.0 Å². The third-order valence-electron chi connectivity index (χ3n) is 6.26. The number of nitro groups is 1. The number of fused-ring (bicyclic) bond motifs is 2. The maximum absolute atomic E-state index is 13.7. The number of carbonyl (C=O) groups excluding carboxylic acids is 2. The molecular formula is C27H17N3O6S. The van der Waals surface area contributed by atoms with Crippen LogP contribution in [-0.2, 0) is 4.79 Å². The van der Waals surface area contributed by atoms with Gasteiger partial charge in [0.1, 0.15) is 5.58 Å². The van der Waals surface area contributed by atoms with Crippen LogP contribution in [0.2, 0.25) is 0 Å². The highest BCUT2D eigenvalue weighted by Gasteiger charge is 2.46. The van der Waals surface area contributed by atoms with Crippen molar-refractivity contribution in [2.75, 3.05) is 4.90 Å². The molecule has 0 aliphatic carbocycles. The molecule has 37 heavy (non-hydrogen) atoms. The molecule has 3 heterocycles. The smallest absolute Gasteiger partial charge is 0.296 e. The highest BCUT2D eigenvalue weighted by molar-refractivity contribution is 7.22. The Hall–Kier alpha value is -4.83. The lowest BCUT2D eigenvalue weighted by molar-refractivity contribution is -0.384. The number of nitro benzene ring substituents is 1. The Morgan fingerprint density at radius 3 is 2.59 bits per heavy atom. The summed E-state index contributed by atoms with van der Waals surface area (Å²) in [4.78, 5) is 43.6. The fourth-order valence-electron chi connectivity index (χ4n) is 4.48. The lowest BCUT2D eigenvalue weighted by atomic mass is 9.95. The number of aliphatic hydroxyl groups is 1. The van der Waals surface area contributed by atoms with Crippen molar-refractivity contribution in [2.45, 2.75) is 13.0 Å². The molecule has 6 rings (SSSR count). The van der Waals surface area contributed by atoms with Crippen molar-refractivity contribution >= 4 is 55.0 Å². The number of ketones is 1. The fraction of sp³-hybridized carbons (Fsp3) is 0.0741. The number of furan rings is 1. The Labute approximate surface area is 213 Å². The lowest BCUT2D eigenvalue weighted by Crippen LogP contribution is -2.30. The number of aliphatic hydroxyl groups excluding tert-OH is 1. The van der Waals surface area contributed by atoms with Gasteiger partial charge in [-0.15, -0.1) is 0 Å². The van der Waals surface area contributed by atoms with E-state index in [1.54, 1.807) is 30.3 Å². The highest BCUT2D eigenvalue weighted by atomic mass is 32.1. The van der Waals surface area contributed by atoms with E-state index in [1.807, 2.05) is 25.1 Å². The molecule has 0 radical (unpaired) electrons. The summed E-state index contributed by atoms with van der Waals surface area (Å²) in [5.74, 6) is -2.21. The van der Waals surface area contributed by atoms with Crippen LogP contribution in [0.25, 0.3) is 21.2 Å². The van der Waals surface area contributed by atoms with Crippen LogP contribution >= 0.6 is 11.3 Å². The molecule has 0 saturated carbocycles. The first-order valence-electron chi connectivity index (χ1n) is 11.2. The number of hydrogen-bond donors (Lipinski definition) is 1. The molecule has 182 valence electrons. The van der Waals surface area contributed by atoms with Gasteiger partial charge in [0.2, 0.25) is 5.78 Å². The summed E-state index contributed by atoms with van der Waals surface area (Å²) >= 11 is 1.25. The molecule has 1 aliphatic heterocycles. The number of aromatic nitrogens is 1. The Bertz CT molecular complexity index is 1750. The van der Waals surface area contributed by atoms with Gasteiger partial charge in [-0.05, 0) is 54.4 Å². The molecule has 9 nitrogen and oxygen atoms in total. The molecule has 3 aromatic carbocycles. The van der Waals surface area contributed by atoms with Crippen molar-refractivity contribution in [3.8, 4) is 0 Å². The first-order valence-corrected chi connectivity index (χ1v) is 12.0. The number of Topliss-reactive ketones (excluding diaryl/α,β-unsaturated/α-hetero) is 1. The topological polar surface area (TPSA) is 127 Å². The fourth-order valence-corrected chi connectivity index (χ4v) is 5.57. The molecule has 0 fully saturated rings. The van der Waals surface area contributed by atoms with Crippen molar-refractivity contribution in [3.63, 3.8) is 0 Å². The number of benzene rings is 3. The largest absolute Gasteiger partial charge is 0.503 e. The Balaban J connectivity index is 1.51. The summed E-state index contributed by atoms with van der Waals surface area (Å²) in [5.41, 5.74) is 2.24. The molecule has 0 spiro atoms. The second-order valence-corrected chi connectivity index (χ2v) is 9.64. The van der Waals surface area contributed by atoms with Gasteiger partial charge < -0.3 is 9.52 Å². The Kier molecular flexibility index (Phi) is 5.13. The lowest BCUT2D eigenvalue weighted by Gasteiger charge is -2.24. The first kappa shape index (κ1) is 22.6. The normalized spacial score (nSPS) is 15.8. The van der Waals surface area contributed by atoms with Crippen molar-refractivity contribution in [2.24, 2.45) is 0 Å². The predicted octanol–water partition coefficient (Wildman–Crippen LogP) is 6.04. The molecule has 1 N–H and O–H groups in total. The number of para-hydroxylation sites is 1. The van der Waals surface area contributed by atoms with E-state index in [0.29, 0.717) is 22.0 Å². The first-order chi connectivity index (χ1) is 17.8. The second kappa shape index (κ2) is 8.38. The third kappa shape index (κ3) is 3.66. The van der Waals surface area contributed by atoms with Crippen molar-refractivity contribution in [3.05, 3.63) is 111 Å². The van der Waals surface area contributed by atoms with Gasteiger partial charge in [0.25, 0.3) is 11.6 Å². The quantitative estimate of drug-likeness (QED) is 0.173. The number of thiazole rings is 1. The van der Waals surface area contributed by atoms with Gasteiger partial charge in [-0.2, -0.15) is 0 Å². The molecule has 0 saturated heterocycles. The van der Waals surface area contributed by atoms with E-state index in [2.05, 4.69) is 4.98 Å². The average Bonchev–Trinajstić information content (AvgIpc) is 3.57. The standard InChI is InChI=1S/C27H17N3O6S/c1-14-6-11-18-21(12-14)37-27(28-18)29-23(15-7-9-17(10-8-15)30(34)35)22(25(32)26(29)33)24(31)20-13-16-4-2-3-5-19(16)36-20/h2-13,23,32H,1H3. The maximum atomic E-state index is 13.7. The molecule has 5 aromatic rings. The van der Waals surface area contributed by atoms with E-state index in [9.17, 15) is 24.8 Å². The van der Waals surface area contributed by atoms with Gasteiger partial charge in [-0.1, -0.05) is 35.6 Å². The number of amides is 1. The van der Waals surface area contributed by atoms with Crippen LogP contribution in [0.3, 0.4) is 0 Å². The highest BCUT2D eigenvalue weighted by Crippen LogP contribution is 2.44. The summed E-state index contributed by atoms with van der Waals surface area (Å²) < 4.78 is 6.57. The number of nitrogens with zero attached hydrogens (tertiary/aromatic N) is 3. The minimum Gasteiger partial charge on any atom is -0.503 e. The Morgan fingerprint density at radius 1 is 1.11 bits per heavy atom. The molecule has 10 heteroatoms. The SMILES string of the molecule is Cc1ccc2nc(N3C(=O)C(O)=C(C(=O)c4cc5ccccc5o4)C3c3ccc([N+](=O)[O-])cc3)sc2c1. The molecule has 2 aromatic heterocycles. The molecule has 1 atom stereocenters. The van der Waals surface area contributed by atoms with E-state index in [4.69, 9.17) is 4.42 Å². The summed E-state index contributed by atoms with van der Waals surface area (Å²) in [7, 11) is 0. The minimum absolute atomic E-state index is 0.0377. The molecular weight excluding hydrogens is 494 g/mol. The van der Waals surface area contributed by atoms with Crippen LogP contribution in [-0.4, -0.2) is 26.7 Å². The summed E-state index contributed by atoms with van der Waals surface area (Å²) in [5, 5.41) is 23.2.